The van der Waals surface area contributed by atoms with Gasteiger partial charge in [-0.2, -0.15) is 0 Å². The highest BCUT2D eigenvalue weighted by atomic mass is 32.1. The predicted octanol–water partition coefficient (Wildman–Crippen LogP) is 3.61. The Morgan fingerprint density at radius 1 is 1.33 bits per heavy atom. The fraction of sp³-hybridized carbons (Fsp3) is 0.438. The summed E-state index contributed by atoms with van der Waals surface area (Å²) >= 11 is 1.59. The molecule has 1 N–H and O–H groups in total. The summed E-state index contributed by atoms with van der Waals surface area (Å²) in [5.74, 6) is -0.220. The van der Waals surface area contributed by atoms with Crippen LogP contribution >= 0.6 is 11.3 Å². The summed E-state index contributed by atoms with van der Waals surface area (Å²) in [6.07, 6.45) is 3.52. The molecule has 1 fully saturated rings. The van der Waals surface area contributed by atoms with Gasteiger partial charge < -0.3 is 10.1 Å². The van der Waals surface area contributed by atoms with Crippen molar-refractivity contribution >= 4 is 11.3 Å². The summed E-state index contributed by atoms with van der Waals surface area (Å²) < 4.78 is 18.5. The van der Waals surface area contributed by atoms with Crippen LogP contribution in [-0.2, 0) is 11.3 Å². The van der Waals surface area contributed by atoms with Gasteiger partial charge in [0.25, 0.3) is 0 Å². The molecule has 5 heteroatoms. The molecule has 1 aromatic heterocycles. The van der Waals surface area contributed by atoms with E-state index in [-0.39, 0.29) is 11.4 Å². The second-order valence-electron chi connectivity index (χ2n) is 5.50. The van der Waals surface area contributed by atoms with Crippen LogP contribution < -0.4 is 5.32 Å². The molecule has 0 saturated heterocycles. The molecule has 112 valence electrons. The summed E-state index contributed by atoms with van der Waals surface area (Å²) in [7, 11) is 1.79. The van der Waals surface area contributed by atoms with Crippen molar-refractivity contribution in [3.05, 3.63) is 41.2 Å². The van der Waals surface area contributed by atoms with Gasteiger partial charge in [0, 0.05) is 31.1 Å². The van der Waals surface area contributed by atoms with E-state index in [9.17, 15) is 4.39 Å². The third kappa shape index (κ3) is 3.31. The summed E-state index contributed by atoms with van der Waals surface area (Å²) in [4.78, 5) is 4.59. The van der Waals surface area contributed by atoms with E-state index in [1.807, 2.05) is 5.38 Å². The number of rotatable bonds is 6. The lowest BCUT2D eigenvalue weighted by molar-refractivity contribution is -0.0695. The Morgan fingerprint density at radius 3 is 2.71 bits per heavy atom. The zero-order chi connectivity index (χ0) is 14.7. The average molecular weight is 306 g/mol. The van der Waals surface area contributed by atoms with Crippen LogP contribution in [-0.4, -0.2) is 24.2 Å². The van der Waals surface area contributed by atoms with E-state index in [0.717, 1.165) is 42.2 Å². The minimum absolute atomic E-state index is 0.0375. The fourth-order valence-corrected chi connectivity index (χ4v) is 3.38. The van der Waals surface area contributed by atoms with Gasteiger partial charge in [0.15, 0.2) is 0 Å². The highest BCUT2D eigenvalue weighted by molar-refractivity contribution is 7.13. The van der Waals surface area contributed by atoms with Gasteiger partial charge in [0.05, 0.1) is 11.3 Å². The van der Waals surface area contributed by atoms with E-state index < -0.39 is 0 Å². The van der Waals surface area contributed by atoms with Crippen LogP contribution in [0.1, 0.15) is 25.0 Å². The zero-order valence-corrected chi connectivity index (χ0v) is 12.9. The van der Waals surface area contributed by atoms with Gasteiger partial charge in [-0.05, 0) is 43.5 Å². The predicted molar refractivity (Wildman–Crippen MR) is 82.8 cm³/mol. The van der Waals surface area contributed by atoms with Crippen LogP contribution in [0.2, 0.25) is 0 Å². The molecule has 0 amide bonds. The maximum Gasteiger partial charge on any atom is 0.123 e. The molecule has 0 spiro atoms. The standard InChI is InChI=1S/C16H19FN2OS/c1-20-16(7-2-8-16)11-18-9-14-10-21-15(19-14)12-3-5-13(17)6-4-12/h3-6,10,18H,2,7-9,11H2,1H3. The summed E-state index contributed by atoms with van der Waals surface area (Å²) in [6, 6.07) is 6.46. The quantitative estimate of drug-likeness (QED) is 0.885. The van der Waals surface area contributed by atoms with Crippen LogP contribution in [0.15, 0.2) is 29.6 Å². The fourth-order valence-electron chi connectivity index (χ4n) is 2.56. The van der Waals surface area contributed by atoms with Crippen molar-refractivity contribution in [3.63, 3.8) is 0 Å². The maximum atomic E-state index is 12.9. The third-order valence-corrected chi connectivity index (χ3v) is 5.03. The van der Waals surface area contributed by atoms with Crippen molar-refractivity contribution in [2.45, 2.75) is 31.4 Å². The molecule has 0 unspecified atom stereocenters. The monoisotopic (exact) mass is 306 g/mol. The van der Waals surface area contributed by atoms with Crippen LogP contribution in [0, 0.1) is 5.82 Å². The first-order valence-electron chi connectivity index (χ1n) is 7.17. The number of hydrogen-bond donors (Lipinski definition) is 1. The number of nitrogens with zero attached hydrogens (tertiary/aromatic N) is 1. The van der Waals surface area contributed by atoms with E-state index in [0.29, 0.717) is 0 Å². The van der Waals surface area contributed by atoms with Crippen molar-refractivity contribution in [2.24, 2.45) is 0 Å². The number of hydrogen-bond acceptors (Lipinski definition) is 4. The number of benzene rings is 1. The molecule has 0 bridgehead atoms. The highest BCUT2D eigenvalue weighted by Crippen LogP contribution is 2.34. The number of ether oxygens (including phenoxy) is 1. The van der Waals surface area contributed by atoms with Gasteiger partial charge in [-0.3, -0.25) is 0 Å². The Kier molecular flexibility index (Phi) is 4.33. The van der Waals surface area contributed by atoms with Crippen molar-refractivity contribution in [3.8, 4) is 10.6 Å². The van der Waals surface area contributed by atoms with Crippen LogP contribution in [0.3, 0.4) is 0 Å². The Bertz CT molecular complexity index is 587. The second kappa shape index (κ2) is 6.22. The summed E-state index contributed by atoms with van der Waals surface area (Å²) in [6.45, 7) is 1.61. The molecule has 0 atom stereocenters. The Balaban J connectivity index is 1.56. The normalized spacial score (nSPS) is 16.7. The first kappa shape index (κ1) is 14.6. The van der Waals surface area contributed by atoms with Gasteiger partial charge in [0.2, 0.25) is 0 Å². The first-order valence-corrected chi connectivity index (χ1v) is 8.05. The second-order valence-corrected chi connectivity index (χ2v) is 6.35. The first-order chi connectivity index (χ1) is 10.2. The highest BCUT2D eigenvalue weighted by Gasteiger charge is 2.36. The van der Waals surface area contributed by atoms with Crippen LogP contribution in [0.4, 0.5) is 4.39 Å². The number of nitrogens with one attached hydrogen (secondary N) is 1. The van der Waals surface area contributed by atoms with E-state index in [2.05, 4.69) is 10.3 Å². The van der Waals surface area contributed by atoms with Crippen molar-refractivity contribution in [1.29, 1.82) is 0 Å². The Hall–Kier alpha value is -1.30. The zero-order valence-electron chi connectivity index (χ0n) is 12.1. The molecule has 3 nitrogen and oxygen atoms in total. The van der Waals surface area contributed by atoms with Gasteiger partial charge >= 0.3 is 0 Å². The van der Waals surface area contributed by atoms with E-state index in [1.54, 1.807) is 30.6 Å². The Labute approximate surface area is 128 Å². The Morgan fingerprint density at radius 2 is 2.10 bits per heavy atom. The smallest absolute Gasteiger partial charge is 0.123 e. The van der Waals surface area contributed by atoms with Gasteiger partial charge in [-0.25, -0.2) is 9.37 Å². The summed E-state index contributed by atoms with van der Waals surface area (Å²) in [5, 5.41) is 6.40. The molecule has 0 aliphatic heterocycles. The van der Waals surface area contributed by atoms with Gasteiger partial charge in [-0.1, -0.05) is 0 Å². The van der Waals surface area contributed by atoms with Crippen molar-refractivity contribution < 1.29 is 9.13 Å². The SMILES string of the molecule is COC1(CNCc2csc(-c3ccc(F)cc3)n2)CCC1. The minimum Gasteiger partial charge on any atom is -0.377 e. The topological polar surface area (TPSA) is 34.1 Å². The molecule has 1 heterocycles. The van der Waals surface area contributed by atoms with Crippen LogP contribution in [0.25, 0.3) is 10.6 Å². The number of halogens is 1. The van der Waals surface area contributed by atoms with Gasteiger partial charge in [0.1, 0.15) is 10.8 Å². The molecular weight excluding hydrogens is 287 g/mol. The van der Waals surface area contributed by atoms with E-state index in [4.69, 9.17) is 4.74 Å². The molecule has 21 heavy (non-hydrogen) atoms. The average Bonchev–Trinajstić information content (AvgIpc) is 2.91. The molecule has 0 radical (unpaired) electrons. The molecule has 1 aliphatic carbocycles. The van der Waals surface area contributed by atoms with E-state index >= 15 is 0 Å². The number of thiazole rings is 1. The molecule has 1 aliphatic rings. The lowest BCUT2D eigenvalue weighted by Gasteiger charge is -2.40. The molecule has 3 rings (SSSR count). The largest absolute Gasteiger partial charge is 0.377 e. The summed E-state index contributed by atoms with van der Waals surface area (Å²) in [5.41, 5.74) is 2.01. The van der Waals surface area contributed by atoms with Crippen LogP contribution in [0.5, 0.6) is 0 Å². The van der Waals surface area contributed by atoms with Crippen molar-refractivity contribution in [2.75, 3.05) is 13.7 Å². The van der Waals surface area contributed by atoms with Gasteiger partial charge in [-0.15, -0.1) is 11.3 Å². The minimum atomic E-state index is -0.220. The van der Waals surface area contributed by atoms with E-state index in [1.165, 1.54) is 18.6 Å². The lowest BCUT2D eigenvalue weighted by atomic mass is 9.80. The number of methoxy groups -OCH3 is 1. The van der Waals surface area contributed by atoms with Crippen molar-refractivity contribution in [1.82, 2.24) is 10.3 Å². The molecule has 1 saturated carbocycles. The lowest BCUT2D eigenvalue weighted by Crippen LogP contribution is -2.47. The number of aromatic nitrogens is 1. The molecular formula is C16H19FN2OS. The maximum absolute atomic E-state index is 12.9. The molecule has 1 aromatic carbocycles. The third-order valence-electron chi connectivity index (χ3n) is 4.09. The molecule has 2 aromatic rings.